The summed E-state index contributed by atoms with van der Waals surface area (Å²) in [7, 11) is 0. The SMILES string of the molecule is C=CCNC(=O)Nc1ccc(NC(=O)c2cc3sc(N(CC)CC)nc3s2)cc1. The minimum Gasteiger partial charge on any atom is -0.349 e. The summed E-state index contributed by atoms with van der Waals surface area (Å²) >= 11 is 3.00. The van der Waals surface area contributed by atoms with Crippen LogP contribution in [-0.2, 0) is 0 Å². The van der Waals surface area contributed by atoms with E-state index in [1.54, 1.807) is 41.7 Å². The monoisotopic (exact) mass is 429 g/mol. The molecule has 3 rings (SSSR count). The predicted octanol–water partition coefficient (Wildman–Crippen LogP) is 4.76. The molecule has 0 aliphatic rings. The van der Waals surface area contributed by atoms with E-state index >= 15 is 0 Å². The van der Waals surface area contributed by atoms with Crippen LogP contribution in [0.15, 0.2) is 43.0 Å². The molecule has 3 amide bonds. The zero-order chi connectivity index (χ0) is 20.8. The number of carbonyl (C=O) groups is 2. The van der Waals surface area contributed by atoms with Crippen molar-refractivity contribution in [1.29, 1.82) is 0 Å². The number of amides is 3. The summed E-state index contributed by atoms with van der Waals surface area (Å²) in [6.07, 6.45) is 1.60. The summed E-state index contributed by atoms with van der Waals surface area (Å²) < 4.78 is 1.02. The standard InChI is InChI=1S/C20H23N5O2S2/c1-4-11-21-19(27)23-14-9-7-13(8-10-14)22-17(26)15-12-16-18(28-15)24-20(29-16)25(5-2)6-3/h4,7-10,12H,1,5-6,11H2,2-3H3,(H,22,26)(H2,21,23,27). The van der Waals surface area contributed by atoms with Crippen molar-refractivity contribution in [2.24, 2.45) is 0 Å². The highest BCUT2D eigenvalue weighted by molar-refractivity contribution is 7.29. The lowest BCUT2D eigenvalue weighted by molar-refractivity contribution is 0.103. The van der Waals surface area contributed by atoms with Crippen LogP contribution in [0.2, 0.25) is 0 Å². The minimum atomic E-state index is -0.308. The highest BCUT2D eigenvalue weighted by atomic mass is 32.1. The molecule has 3 aromatic rings. The number of aromatic nitrogens is 1. The molecule has 0 spiro atoms. The summed E-state index contributed by atoms with van der Waals surface area (Å²) in [6, 6.07) is 8.53. The van der Waals surface area contributed by atoms with Crippen molar-refractivity contribution in [3.63, 3.8) is 0 Å². The van der Waals surface area contributed by atoms with Crippen LogP contribution in [0.3, 0.4) is 0 Å². The average molecular weight is 430 g/mol. The minimum absolute atomic E-state index is 0.172. The number of hydrogen-bond donors (Lipinski definition) is 3. The Labute approximate surface area is 177 Å². The Hall–Kier alpha value is -2.91. The summed E-state index contributed by atoms with van der Waals surface area (Å²) in [5, 5.41) is 9.21. The van der Waals surface area contributed by atoms with Crippen molar-refractivity contribution >= 4 is 60.6 Å². The van der Waals surface area contributed by atoms with Gasteiger partial charge in [0, 0.05) is 31.0 Å². The molecule has 0 aliphatic carbocycles. The van der Waals surface area contributed by atoms with Crippen molar-refractivity contribution < 1.29 is 9.59 Å². The fraction of sp³-hybridized carbons (Fsp3) is 0.250. The van der Waals surface area contributed by atoms with Gasteiger partial charge in [0.2, 0.25) is 0 Å². The van der Waals surface area contributed by atoms with Gasteiger partial charge in [-0.05, 0) is 44.2 Å². The summed E-state index contributed by atoms with van der Waals surface area (Å²) in [5.74, 6) is -0.172. The average Bonchev–Trinajstić information content (AvgIpc) is 3.28. The second-order valence-electron chi connectivity index (χ2n) is 6.10. The number of anilines is 3. The maximum atomic E-state index is 12.6. The van der Waals surface area contributed by atoms with Crippen LogP contribution in [0.25, 0.3) is 9.53 Å². The van der Waals surface area contributed by atoms with Crippen LogP contribution < -0.4 is 20.9 Å². The van der Waals surface area contributed by atoms with Gasteiger partial charge in [0.15, 0.2) is 5.13 Å². The quantitative estimate of drug-likeness (QED) is 0.451. The normalized spacial score (nSPS) is 10.6. The maximum Gasteiger partial charge on any atom is 0.319 e. The van der Waals surface area contributed by atoms with E-state index in [-0.39, 0.29) is 11.9 Å². The molecule has 0 fully saturated rings. The molecule has 0 unspecified atom stereocenters. The molecule has 2 heterocycles. The van der Waals surface area contributed by atoms with E-state index in [0.717, 1.165) is 27.8 Å². The molecular formula is C20H23N5O2S2. The van der Waals surface area contributed by atoms with Gasteiger partial charge in [-0.15, -0.1) is 17.9 Å². The summed E-state index contributed by atoms with van der Waals surface area (Å²) in [5.41, 5.74) is 1.29. The van der Waals surface area contributed by atoms with Crippen LogP contribution in [0.4, 0.5) is 21.3 Å². The molecule has 3 N–H and O–H groups in total. The molecule has 7 nitrogen and oxygen atoms in total. The Morgan fingerprint density at radius 2 is 1.76 bits per heavy atom. The number of thiophene rings is 1. The molecule has 9 heteroatoms. The van der Waals surface area contributed by atoms with Crippen LogP contribution in [-0.4, -0.2) is 36.6 Å². The number of fused-ring (bicyclic) bond motifs is 1. The van der Waals surface area contributed by atoms with Crippen molar-refractivity contribution in [2.45, 2.75) is 13.8 Å². The van der Waals surface area contributed by atoms with E-state index in [4.69, 9.17) is 0 Å². The lowest BCUT2D eigenvalue weighted by Gasteiger charge is -2.16. The number of urea groups is 1. The molecule has 0 saturated heterocycles. The van der Waals surface area contributed by atoms with E-state index in [2.05, 4.69) is 46.3 Å². The molecular weight excluding hydrogens is 406 g/mol. The smallest absolute Gasteiger partial charge is 0.319 e. The first-order valence-corrected chi connectivity index (χ1v) is 10.9. The first kappa shape index (κ1) is 20.8. The molecule has 152 valence electrons. The van der Waals surface area contributed by atoms with Crippen LogP contribution in [0.1, 0.15) is 23.5 Å². The van der Waals surface area contributed by atoms with E-state index in [9.17, 15) is 9.59 Å². The third-order valence-corrected chi connectivity index (χ3v) is 6.36. The second kappa shape index (κ2) is 9.53. The molecule has 0 aliphatic heterocycles. The molecule has 0 atom stereocenters. The van der Waals surface area contributed by atoms with Crippen molar-refractivity contribution in [3.8, 4) is 0 Å². The highest BCUT2D eigenvalue weighted by Gasteiger charge is 2.16. The zero-order valence-corrected chi connectivity index (χ0v) is 18.0. The number of nitrogens with zero attached hydrogens (tertiary/aromatic N) is 2. The third kappa shape index (κ3) is 5.12. The summed E-state index contributed by atoms with van der Waals surface area (Å²) in [4.78, 5) is 32.6. The van der Waals surface area contributed by atoms with Gasteiger partial charge in [-0.25, -0.2) is 9.78 Å². The molecule has 1 aromatic carbocycles. The van der Waals surface area contributed by atoms with Crippen molar-refractivity contribution in [3.05, 3.63) is 47.9 Å². The van der Waals surface area contributed by atoms with Gasteiger partial charge in [-0.2, -0.15) is 0 Å². The highest BCUT2D eigenvalue weighted by Crippen LogP contribution is 2.34. The molecule has 0 saturated carbocycles. The Kier molecular flexibility index (Phi) is 6.84. The Morgan fingerprint density at radius 1 is 1.10 bits per heavy atom. The second-order valence-corrected chi connectivity index (χ2v) is 8.14. The van der Waals surface area contributed by atoms with Crippen molar-refractivity contribution in [1.82, 2.24) is 10.3 Å². The van der Waals surface area contributed by atoms with E-state index < -0.39 is 0 Å². The Bertz CT molecular complexity index is 974. The summed E-state index contributed by atoms with van der Waals surface area (Å²) in [6.45, 7) is 9.96. The van der Waals surface area contributed by atoms with E-state index in [1.165, 1.54) is 11.3 Å². The van der Waals surface area contributed by atoms with E-state index in [1.807, 2.05) is 6.07 Å². The lowest BCUT2D eigenvalue weighted by atomic mass is 10.2. The number of carbonyl (C=O) groups excluding carboxylic acids is 2. The van der Waals surface area contributed by atoms with Gasteiger partial charge in [0.25, 0.3) is 5.91 Å². The number of hydrogen-bond acceptors (Lipinski definition) is 6. The Morgan fingerprint density at radius 3 is 2.34 bits per heavy atom. The predicted molar refractivity (Wildman–Crippen MR) is 123 cm³/mol. The fourth-order valence-electron chi connectivity index (χ4n) is 2.63. The van der Waals surface area contributed by atoms with Crippen LogP contribution >= 0.6 is 22.7 Å². The van der Waals surface area contributed by atoms with Gasteiger partial charge in [-0.1, -0.05) is 17.4 Å². The third-order valence-electron chi connectivity index (χ3n) is 4.14. The first-order chi connectivity index (χ1) is 14.0. The zero-order valence-electron chi connectivity index (χ0n) is 16.3. The molecule has 2 aromatic heterocycles. The first-order valence-electron chi connectivity index (χ1n) is 9.26. The topological polar surface area (TPSA) is 86.4 Å². The van der Waals surface area contributed by atoms with Gasteiger partial charge in [0.05, 0.1) is 9.58 Å². The maximum absolute atomic E-state index is 12.6. The number of rotatable bonds is 8. The molecule has 0 radical (unpaired) electrons. The Balaban J connectivity index is 1.63. The molecule has 29 heavy (non-hydrogen) atoms. The van der Waals surface area contributed by atoms with Crippen LogP contribution in [0, 0.1) is 0 Å². The largest absolute Gasteiger partial charge is 0.349 e. The number of benzene rings is 1. The fourth-order valence-corrected chi connectivity index (χ4v) is 4.87. The molecule has 0 bridgehead atoms. The van der Waals surface area contributed by atoms with Gasteiger partial charge < -0.3 is 20.9 Å². The van der Waals surface area contributed by atoms with Crippen molar-refractivity contribution in [2.75, 3.05) is 35.2 Å². The van der Waals surface area contributed by atoms with Crippen LogP contribution in [0.5, 0.6) is 0 Å². The van der Waals surface area contributed by atoms with Gasteiger partial charge >= 0.3 is 6.03 Å². The van der Waals surface area contributed by atoms with E-state index in [0.29, 0.717) is 22.8 Å². The van der Waals surface area contributed by atoms with Gasteiger partial charge in [-0.3, -0.25) is 4.79 Å². The number of nitrogens with one attached hydrogen (secondary N) is 3. The number of thiazole rings is 1. The lowest BCUT2D eigenvalue weighted by Crippen LogP contribution is -2.28. The van der Waals surface area contributed by atoms with Gasteiger partial charge in [0.1, 0.15) is 4.83 Å².